The van der Waals surface area contributed by atoms with E-state index in [-0.39, 0.29) is 66.7 Å². The maximum absolute atomic E-state index is 13.7. The largest absolute Gasteiger partial charge is 0.433 e. The number of ether oxygens (including phenoxy) is 2. The standard InChI is InChI=1S/C27H33ClF2N4O5S/c1-27(2,3)15-34(17-5-6-17)19(13-31-25(37)21-8-9-22(28)40-21)24(36)32-16-4-7-18(20(12-16)39-26(29)30)33-10-11-38-14-23(33)35/h4,7-9,12,17,19,26H,5-6,10-11,13-15H2,1-3H3,(H,31,37)(H,32,36)/t19-/m1/s1. The summed E-state index contributed by atoms with van der Waals surface area (Å²) in [4.78, 5) is 42.6. The number of hydrogen-bond donors (Lipinski definition) is 2. The number of carbonyl (C=O) groups excluding carboxylic acids is 3. The van der Waals surface area contributed by atoms with Crippen LogP contribution in [-0.2, 0) is 14.3 Å². The molecule has 1 atom stereocenters. The first-order chi connectivity index (χ1) is 18.9. The molecule has 3 amide bonds. The van der Waals surface area contributed by atoms with E-state index in [1.54, 1.807) is 12.1 Å². The molecule has 9 nitrogen and oxygen atoms in total. The van der Waals surface area contributed by atoms with E-state index in [9.17, 15) is 23.2 Å². The summed E-state index contributed by atoms with van der Waals surface area (Å²) in [6.45, 7) is 4.00. The van der Waals surface area contributed by atoms with E-state index in [4.69, 9.17) is 21.1 Å². The second kappa shape index (κ2) is 12.8. The predicted molar refractivity (Wildman–Crippen MR) is 150 cm³/mol. The summed E-state index contributed by atoms with van der Waals surface area (Å²) in [6, 6.07) is 6.98. The van der Waals surface area contributed by atoms with Crippen LogP contribution in [0.4, 0.5) is 20.2 Å². The van der Waals surface area contributed by atoms with E-state index in [2.05, 4.69) is 36.3 Å². The smallest absolute Gasteiger partial charge is 0.387 e. The van der Waals surface area contributed by atoms with Crippen LogP contribution in [0.2, 0.25) is 4.34 Å². The van der Waals surface area contributed by atoms with Gasteiger partial charge in [0, 0.05) is 37.4 Å². The van der Waals surface area contributed by atoms with Crippen molar-refractivity contribution >= 4 is 52.0 Å². The highest BCUT2D eigenvalue weighted by molar-refractivity contribution is 7.18. The quantitative estimate of drug-likeness (QED) is 0.392. The van der Waals surface area contributed by atoms with Crippen LogP contribution in [0.15, 0.2) is 30.3 Å². The summed E-state index contributed by atoms with van der Waals surface area (Å²) < 4.78 is 36.9. The van der Waals surface area contributed by atoms with Crippen LogP contribution in [0.1, 0.15) is 43.3 Å². The van der Waals surface area contributed by atoms with Gasteiger partial charge in [-0.15, -0.1) is 11.3 Å². The number of benzene rings is 1. The predicted octanol–water partition coefficient (Wildman–Crippen LogP) is 4.61. The molecule has 1 aromatic carbocycles. The minimum atomic E-state index is -3.13. The first kappa shape index (κ1) is 30.2. The molecular formula is C27H33ClF2N4O5S. The van der Waals surface area contributed by atoms with Gasteiger partial charge in [0.25, 0.3) is 11.8 Å². The Morgan fingerprint density at radius 3 is 2.60 bits per heavy atom. The van der Waals surface area contributed by atoms with Gasteiger partial charge < -0.3 is 25.0 Å². The van der Waals surface area contributed by atoms with Crippen LogP contribution < -0.4 is 20.3 Å². The fourth-order valence-corrected chi connectivity index (χ4v) is 5.48. The maximum atomic E-state index is 13.7. The van der Waals surface area contributed by atoms with E-state index >= 15 is 0 Å². The highest BCUT2D eigenvalue weighted by Crippen LogP contribution is 2.35. The molecule has 1 saturated carbocycles. The Morgan fingerprint density at radius 1 is 1.25 bits per heavy atom. The lowest BCUT2D eigenvalue weighted by atomic mass is 9.95. The van der Waals surface area contributed by atoms with Gasteiger partial charge in [-0.2, -0.15) is 8.78 Å². The third-order valence-electron chi connectivity index (χ3n) is 6.35. The molecule has 1 saturated heterocycles. The summed E-state index contributed by atoms with van der Waals surface area (Å²) >= 11 is 7.12. The van der Waals surface area contributed by atoms with E-state index in [1.165, 1.54) is 23.1 Å². The van der Waals surface area contributed by atoms with Gasteiger partial charge in [-0.05, 0) is 42.5 Å². The molecule has 0 spiro atoms. The minimum Gasteiger partial charge on any atom is -0.433 e. The van der Waals surface area contributed by atoms with Crippen LogP contribution >= 0.6 is 22.9 Å². The van der Waals surface area contributed by atoms with Gasteiger partial charge in [0.1, 0.15) is 12.6 Å². The number of carbonyl (C=O) groups is 3. The Bertz CT molecular complexity index is 1230. The van der Waals surface area contributed by atoms with Crippen molar-refractivity contribution in [2.24, 2.45) is 5.41 Å². The number of amides is 3. The molecule has 1 aliphatic carbocycles. The molecule has 1 aliphatic heterocycles. The molecular weight excluding hydrogens is 566 g/mol. The highest BCUT2D eigenvalue weighted by atomic mass is 35.5. The molecule has 0 radical (unpaired) electrons. The van der Waals surface area contributed by atoms with Gasteiger partial charge in [-0.25, -0.2) is 0 Å². The van der Waals surface area contributed by atoms with Crippen molar-refractivity contribution in [1.29, 1.82) is 0 Å². The van der Waals surface area contributed by atoms with Crippen LogP contribution in [0.5, 0.6) is 5.75 Å². The van der Waals surface area contributed by atoms with Crippen LogP contribution in [-0.4, -0.2) is 74.2 Å². The average Bonchev–Trinajstić information content (AvgIpc) is 3.62. The lowest BCUT2D eigenvalue weighted by molar-refractivity contribution is -0.126. The molecule has 0 bridgehead atoms. The molecule has 2 aromatic rings. The highest BCUT2D eigenvalue weighted by Gasteiger charge is 2.39. The molecule has 4 rings (SSSR count). The zero-order chi connectivity index (χ0) is 29.0. The summed E-state index contributed by atoms with van der Waals surface area (Å²) in [5.41, 5.74) is 0.257. The van der Waals surface area contributed by atoms with Crippen molar-refractivity contribution < 1.29 is 32.6 Å². The number of rotatable bonds is 11. The van der Waals surface area contributed by atoms with Crippen LogP contribution in [0.25, 0.3) is 0 Å². The molecule has 40 heavy (non-hydrogen) atoms. The Hall–Kier alpha value is -2.80. The Morgan fingerprint density at radius 2 is 2.00 bits per heavy atom. The van der Waals surface area contributed by atoms with Gasteiger partial charge in [0.05, 0.1) is 21.5 Å². The maximum Gasteiger partial charge on any atom is 0.387 e. The number of morpholine rings is 1. The van der Waals surface area contributed by atoms with Gasteiger partial charge in [-0.3, -0.25) is 19.3 Å². The minimum absolute atomic E-state index is 0.0352. The molecule has 2 aliphatic rings. The van der Waals surface area contributed by atoms with Gasteiger partial charge in [0.15, 0.2) is 5.75 Å². The number of hydrogen-bond acceptors (Lipinski definition) is 7. The van der Waals surface area contributed by atoms with Crippen LogP contribution in [0.3, 0.4) is 0 Å². The topological polar surface area (TPSA) is 100 Å². The summed E-state index contributed by atoms with van der Waals surface area (Å²) in [5, 5.41) is 5.66. The number of halogens is 3. The Kier molecular flexibility index (Phi) is 9.65. The SMILES string of the molecule is CC(C)(C)CN(C1CC1)[C@H](CNC(=O)c1ccc(Cl)s1)C(=O)Nc1ccc(N2CCOCC2=O)c(OC(F)F)c1. The summed E-state index contributed by atoms with van der Waals surface area (Å²) in [6.07, 6.45) is 1.87. The van der Waals surface area contributed by atoms with Gasteiger partial charge in [-0.1, -0.05) is 32.4 Å². The normalized spacial score (nSPS) is 16.8. The van der Waals surface area contributed by atoms with Crippen molar-refractivity contribution in [3.63, 3.8) is 0 Å². The lowest BCUT2D eigenvalue weighted by Gasteiger charge is -2.36. The summed E-state index contributed by atoms with van der Waals surface area (Å²) in [5.74, 6) is -1.37. The third kappa shape index (κ3) is 8.12. The number of nitrogens with zero attached hydrogens (tertiary/aromatic N) is 2. The molecule has 218 valence electrons. The van der Waals surface area contributed by atoms with Crippen molar-refractivity contribution in [3.05, 3.63) is 39.5 Å². The first-order valence-electron chi connectivity index (χ1n) is 13.0. The number of nitrogens with one attached hydrogen (secondary N) is 2. The number of thiophene rings is 1. The van der Waals surface area contributed by atoms with Gasteiger partial charge in [0.2, 0.25) is 5.91 Å². The van der Waals surface area contributed by atoms with E-state index in [0.29, 0.717) is 15.8 Å². The first-order valence-corrected chi connectivity index (χ1v) is 14.2. The molecule has 1 aromatic heterocycles. The zero-order valence-corrected chi connectivity index (χ0v) is 24.1. The summed E-state index contributed by atoms with van der Waals surface area (Å²) in [7, 11) is 0. The third-order valence-corrected chi connectivity index (χ3v) is 7.58. The van der Waals surface area contributed by atoms with Crippen molar-refractivity contribution in [3.8, 4) is 5.75 Å². The van der Waals surface area contributed by atoms with Crippen LogP contribution in [0, 0.1) is 5.41 Å². The van der Waals surface area contributed by atoms with E-state index in [0.717, 1.165) is 24.2 Å². The van der Waals surface area contributed by atoms with E-state index < -0.39 is 18.6 Å². The fraction of sp³-hybridized carbons (Fsp3) is 0.519. The number of alkyl halides is 2. The monoisotopic (exact) mass is 598 g/mol. The fourth-order valence-electron chi connectivity index (χ4n) is 4.52. The molecule has 2 fully saturated rings. The molecule has 0 unspecified atom stereocenters. The van der Waals surface area contributed by atoms with Crippen molar-refractivity contribution in [1.82, 2.24) is 10.2 Å². The zero-order valence-electron chi connectivity index (χ0n) is 22.5. The van der Waals surface area contributed by atoms with Crippen molar-refractivity contribution in [2.45, 2.75) is 52.3 Å². The average molecular weight is 599 g/mol. The second-order valence-corrected chi connectivity index (χ2v) is 12.7. The molecule has 2 N–H and O–H groups in total. The lowest BCUT2D eigenvalue weighted by Crippen LogP contribution is -2.53. The number of anilines is 2. The van der Waals surface area contributed by atoms with Gasteiger partial charge >= 0.3 is 6.61 Å². The Labute approximate surface area is 240 Å². The van der Waals surface area contributed by atoms with E-state index in [1.807, 2.05) is 0 Å². The Balaban J connectivity index is 1.57. The van der Waals surface area contributed by atoms with Crippen molar-refractivity contribution in [2.75, 3.05) is 43.1 Å². The molecule has 2 heterocycles. The second-order valence-electron chi connectivity index (χ2n) is 10.9. The molecule has 13 heteroatoms.